The fourth-order valence-corrected chi connectivity index (χ4v) is 1.61. The Hall–Kier alpha value is 0.0300. The summed E-state index contributed by atoms with van der Waals surface area (Å²) in [6.45, 7) is 1.99. The Morgan fingerprint density at radius 3 is 2.25 bits per heavy atom. The number of rotatable bonds is 6. The maximum Gasteiger partial charge on any atom is 0.379 e. The molecule has 1 atom stereocenters. The minimum Gasteiger partial charge on any atom is -0.318 e. The highest BCUT2D eigenvalue weighted by atomic mass is 31.2. The van der Waals surface area contributed by atoms with Crippen molar-refractivity contribution in [3.05, 3.63) is 0 Å². The summed E-state index contributed by atoms with van der Waals surface area (Å²) in [5.41, 5.74) is 5.49. The van der Waals surface area contributed by atoms with E-state index in [-0.39, 0.29) is 0 Å². The molecule has 0 aromatic heterocycles. The molecule has 74 valence electrons. The van der Waals surface area contributed by atoms with Crippen LogP contribution in [-0.2, 0) is 13.8 Å². The van der Waals surface area contributed by atoms with Crippen LogP contribution in [0.5, 0.6) is 0 Å². The second kappa shape index (κ2) is 5.64. The van der Waals surface area contributed by atoms with Crippen LogP contribution in [-0.4, -0.2) is 5.78 Å². The molecular weight excluding hydrogens is 181 g/mol. The van der Waals surface area contributed by atoms with Crippen LogP contribution in [0.25, 0.3) is 0 Å². The molecule has 6 nitrogen and oxygen atoms in total. The fraction of sp³-hybridized carbons (Fsp3) is 1.00. The van der Waals surface area contributed by atoms with E-state index < -0.39 is 13.4 Å². The molecule has 6 N–H and O–H groups in total. The first-order valence-corrected chi connectivity index (χ1v) is 5.34. The summed E-state index contributed by atoms with van der Waals surface area (Å²) < 4.78 is 19.6. The Balaban J connectivity index is 4.03. The highest BCUT2D eigenvalue weighted by Crippen LogP contribution is 2.48. The van der Waals surface area contributed by atoms with E-state index in [1.165, 1.54) is 0 Å². The fourth-order valence-electron chi connectivity index (χ4n) is 0.753. The van der Waals surface area contributed by atoms with E-state index in [9.17, 15) is 4.57 Å². The van der Waals surface area contributed by atoms with Gasteiger partial charge in [0.1, 0.15) is 5.78 Å². The maximum absolute atomic E-state index is 11.3. The van der Waals surface area contributed by atoms with Crippen molar-refractivity contribution in [2.24, 2.45) is 17.5 Å². The number of unbranched alkanes of at least 4 members (excludes halogenated alkanes) is 1. The number of hydrogen-bond acceptors (Lipinski definition) is 6. The maximum atomic E-state index is 11.3. The van der Waals surface area contributed by atoms with Crippen LogP contribution in [0.15, 0.2) is 0 Å². The second-order valence-corrected chi connectivity index (χ2v) is 4.62. The lowest BCUT2D eigenvalue weighted by Gasteiger charge is -2.18. The van der Waals surface area contributed by atoms with Crippen molar-refractivity contribution in [3.63, 3.8) is 0 Å². The minimum absolute atomic E-state index is 0.516. The molecule has 0 aliphatic carbocycles. The molecule has 0 amide bonds. The lowest BCUT2D eigenvalue weighted by molar-refractivity contribution is 0.202. The molecular formula is C5H16N3O3P. The smallest absolute Gasteiger partial charge is 0.318 e. The standard InChI is InChI=1S/C5H16N3O3P/c1-2-3-4-5(6)12(9,10-7)11-8/h5H,2-4,6-8H2,1H3. The Kier molecular flexibility index (Phi) is 5.65. The SMILES string of the molecule is CCCCC(N)P(=O)(ON)ON. The molecule has 0 heterocycles. The van der Waals surface area contributed by atoms with E-state index in [1.807, 2.05) is 6.92 Å². The lowest BCUT2D eigenvalue weighted by Crippen LogP contribution is -2.25. The van der Waals surface area contributed by atoms with Gasteiger partial charge >= 0.3 is 7.60 Å². The van der Waals surface area contributed by atoms with Crippen molar-refractivity contribution in [1.29, 1.82) is 0 Å². The zero-order valence-corrected chi connectivity index (χ0v) is 8.00. The molecule has 0 fully saturated rings. The predicted octanol–water partition coefficient (Wildman–Crippen LogP) is 0.435. The molecule has 12 heavy (non-hydrogen) atoms. The van der Waals surface area contributed by atoms with Gasteiger partial charge in [-0.1, -0.05) is 19.8 Å². The molecule has 0 radical (unpaired) electrons. The van der Waals surface area contributed by atoms with Crippen molar-refractivity contribution in [2.75, 3.05) is 0 Å². The molecule has 0 rings (SSSR count). The van der Waals surface area contributed by atoms with E-state index >= 15 is 0 Å². The van der Waals surface area contributed by atoms with Gasteiger partial charge in [-0.05, 0) is 6.42 Å². The largest absolute Gasteiger partial charge is 0.379 e. The van der Waals surface area contributed by atoms with Crippen LogP contribution in [0.2, 0.25) is 0 Å². The molecule has 0 aliphatic heterocycles. The lowest BCUT2D eigenvalue weighted by atomic mass is 10.2. The van der Waals surface area contributed by atoms with Crippen LogP contribution in [0, 0.1) is 0 Å². The molecule has 0 bridgehead atoms. The Labute approximate surface area is 71.8 Å². The normalized spacial score (nSPS) is 14.7. The third kappa shape index (κ3) is 3.18. The van der Waals surface area contributed by atoms with Gasteiger partial charge in [0, 0.05) is 0 Å². The molecule has 0 aromatic carbocycles. The minimum atomic E-state index is -3.47. The summed E-state index contributed by atoms with van der Waals surface area (Å²) >= 11 is 0. The third-order valence-electron chi connectivity index (χ3n) is 1.55. The Morgan fingerprint density at radius 2 is 1.92 bits per heavy atom. The monoisotopic (exact) mass is 197 g/mol. The van der Waals surface area contributed by atoms with E-state index in [2.05, 4.69) is 9.25 Å². The molecule has 0 saturated heterocycles. The van der Waals surface area contributed by atoms with E-state index in [1.54, 1.807) is 0 Å². The van der Waals surface area contributed by atoms with Crippen molar-refractivity contribution >= 4 is 7.60 Å². The van der Waals surface area contributed by atoms with Crippen LogP contribution < -0.4 is 17.5 Å². The first-order chi connectivity index (χ1) is 5.60. The quantitative estimate of drug-likeness (QED) is 0.420. The van der Waals surface area contributed by atoms with Gasteiger partial charge in [0.15, 0.2) is 0 Å². The van der Waals surface area contributed by atoms with Gasteiger partial charge in [0.05, 0.1) is 0 Å². The van der Waals surface area contributed by atoms with Gasteiger partial charge < -0.3 is 5.73 Å². The van der Waals surface area contributed by atoms with E-state index in [0.29, 0.717) is 6.42 Å². The van der Waals surface area contributed by atoms with Crippen LogP contribution >= 0.6 is 7.60 Å². The van der Waals surface area contributed by atoms with Crippen molar-refractivity contribution in [3.8, 4) is 0 Å². The summed E-state index contributed by atoms with van der Waals surface area (Å²) in [6.07, 6.45) is 2.29. The summed E-state index contributed by atoms with van der Waals surface area (Å²) in [4.78, 5) is 0. The van der Waals surface area contributed by atoms with Crippen LogP contribution in [0.1, 0.15) is 26.2 Å². The zero-order valence-electron chi connectivity index (χ0n) is 7.10. The average molecular weight is 197 g/mol. The van der Waals surface area contributed by atoms with Crippen LogP contribution in [0.4, 0.5) is 0 Å². The Morgan fingerprint density at radius 1 is 1.42 bits per heavy atom. The van der Waals surface area contributed by atoms with E-state index in [0.717, 1.165) is 12.8 Å². The summed E-state index contributed by atoms with van der Waals surface area (Å²) in [5, 5.41) is 0. The summed E-state index contributed by atoms with van der Waals surface area (Å²) in [6, 6.07) is 0. The van der Waals surface area contributed by atoms with Gasteiger partial charge in [-0.15, -0.1) is 0 Å². The van der Waals surface area contributed by atoms with Crippen molar-refractivity contribution in [2.45, 2.75) is 32.0 Å². The number of hydrogen-bond donors (Lipinski definition) is 3. The third-order valence-corrected chi connectivity index (χ3v) is 3.21. The second-order valence-electron chi connectivity index (χ2n) is 2.46. The molecule has 7 heteroatoms. The topological polar surface area (TPSA) is 114 Å². The van der Waals surface area contributed by atoms with Crippen LogP contribution in [0.3, 0.4) is 0 Å². The van der Waals surface area contributed by atoms with Gasteiger partial charge in [-0.2, -0.15) is 0 Å². The van der Waals surface area contributed by atoms with Gasteiger partial charge in [-0.25, -0.2) is 21.0 Å². The average Bonchev–Trinajstić information content (AvgIpc) is 2.12. The first-order valence-electron chi connectivity index (χ1n) is 3.73. The summed E-state index contributed by atoms with van der Waals surface area (Å²) in [5.74, 6) is 8.74. The zero-order chi connectivity index (χ0) is 9.61. The molecule has 0 aliphatic rings. The van der Waals surface area contributed by atoms with Gasteiger partial charge in [-0.3, -0.25) is 4.57 Å². The summed E-state index contributed by atoms with van der Waals surface area (Å²) in [7, 11) is -3.47. The number of nitrogens with two attached hydrogens (primary N) is 3. The first kappa shape index (κ1) is 12.0. The molecule has 0 aromatic rings. The Bertz CT molecular complexity index is 158. The highest BCUT2D eigenvalue weighted by Gasteiger charge is 2.31. The van der Waals surface area contributed by atoms with Gasteiger partial charge in [0.25, 0.3) is 0 Å². The van der Waals surface area contributed by atoms with Crippen molar-refractivity contribution < 1.29 is 13.8 Å². The van der Waals surface area contributed by atoms with Crippen molar-refractivity contribution in [1.82, 2.24) is 0 Å². The molecule has 0 spiro atoms. The van der Waals surface area contributed by atoms with Gasteiger partial charge in [0.2, 0.25) is 0 Å². The highest BCUT2D eigenvalue weighted by molar-refractivity contribution is 7.54. The molecule has 0 saturated carbocycles. The van der Waals surface area contributed by atoms with E-state index in [4.69, 9.17) is 17.5 Å². The predicted molar refractivity (Wildman–Crippen MR) is 45.7 cm³/mol. The molecule has 1 unspecified atom stereocenters.